The Balaban J connectivity index is 2.14. The van der Waals surface area contributed by atoms with Crippen LogP contribution >= 0.6 is 0 Å². The van der Waals surface area contributed by atoms with Gasteiger partial charge < -0.3 is 5.11 Å². The molecule has 1 atom stereocenters. The Morgan fingerprint density at radius 1 is 1.20 bits per heavy atom. The Labute approximate surface area is 89.9 Å². The average molecular weight is 208 g/mol. The summed E-state index contributed by atoms with van der Waals surface area (Å²) in [5.74, 6) is 0.579. The number of halogens is 1. The van der Waals surface area contributed by atoms with Crippen LogP contribution in [0.3, 0.4) is 0 Å². The van der Waals surface area contributed by atoms with Gasteiger partial charge in [0.2, 0.25) is 0 Å². The van der Waals surface area contributed by atoms with Crippen molar-refractivity contribution < 1.29 is 9.50 Å². The summed E-state index contributed by atoms with van der Waals surface area (Å²) in [4.78, 5) is 0. The minimum absolute atomic E-state index is 0.177. The fraction of sp³-hybridized carbons (Fsp3) is 0.538. The van der Waals surface area contributed by atoms with E-state index < -0.39 is 0 Å². The predicted octanol–water partition coefficient (Wildman–Crippen LogP) is 3.09. The average Bonchev–Trinajstić information content (AvgIpc) is 2.75. The highest BCUT2D eigenvalue weighted by atomic mass is 19.1. The lowest BCUT2D eigenvalue weighted by Gasteiger charge is -2.21. The maximum Gasteiger partial charge on any atom is 0.123 e. The van der Waals surface area contributed by atoms with Gasteiger partial charge in [-0.3, -0.25) is 0 Å². The second kappa shape index (κ2) is 4.75. The van der Waals surface area contributed by atoms with Crippen molar-refractivity contribution in [2.75, 3.05) is 6.61 Å². The normalized spacial score (nSPS) is 19.3. The van der Waals surface area contributed by atoms with Crippen molar-refractivity contribution in [1.82, 2.24) is 0 Å². The Kier molecular flexibility index (Phi) is 3.37. The summed E-state index contributed by atoms with van der Waals surface area (Å²) in [5.41, 5.74) is 1.07. The van der Waals surface area contributed by atoms with Crippen molar-refractivity contribution in [2.45, 2.75) is 31.6 Å². The molecule has 15 heavy (non-hydrogen) atoms. The summed E-state index contributed by atoms with van der Waals surface area (Å²) in [6.45, 7) is 0.177. The number of aliphatic hydroxyl groups excluding tert-OH is 1. The lowest BCUT2D eigenvalue weighted by atomic mass is 9.85. The summed E-state index contributed by atoms with van der Waals surface area (Å²) in [7, 11) is 0. The standard InChI is InChI=1S/C13H17FO/c14-12-7-5-11(6-8-12)13(9-15)10-3-1-2-4-10/h5-8,10,13,15H,1-4,9H2. The first kappa shape index (κ1) is 10.6. The highest BCUT2D eigenvalue weighted by molar-refractivity contribution is 5.21. The Bertz CT molecular complexity index is 301. The number of hydrogen-bond donors (Lipinski definition) is 1. The van der Waals surface area contributed by atoms with E-state index in [0.29, 0.717) is 5.92 Å². The first-order valence-electron chi connectivity index (χ1n) is 5.67. The van der Waals surface area contributed by atoms with Gasteiger partial charge in [-0.15, -0.1) is 0 Å². The third-order valence-corrected chi connectivity index (χ3v) is 3.46. The van der Waals surface area contributed by atoms with Gasteiger partial charge in [0.05, 0.1) is 6.61 Å². The molecule has 0 heterocycles. The van der Waals surface area contributed by atoms with Crippen LogP contribution in [0, 0.1) is 11.7 Å². The van der Waals surface area contributed by atoms with E-state index in [1.165, 1.54) is 37.8 Å². The van der Waals surface area contributed by atoms with Gasteiger partial charge in [0.25, 0.3) is 0 Å². The van der Waals surface area contributed by atoms with Crippen LogP contribution in [-0.4, -0.2) is 11.7 Å². The van der Waals surface area contributed by atoms with Gasteiger partial charge in [-0.05, 0) is 36.5 Å². The van der Waals surface area contributed by atoms with E-state index >= 15 is 0 Å². The summed E-state index contributed by atoms with van der Waals surface area (Å²) >= 11 is 0. The van der Waals surface area contributed by atoms with Crippen LogP contribution in [0.4, 0.5) is 4.39 Å². The minimum atomic E-state index is -0.207. The monoisotopic (exact) mass is 208 g/mol. The fourth-order valence-electron chi connectivity index (χ4n) is 2.60. The molecule has 1 aromatic carbocycles. The van der Waals surface area contributed by atoms with Gasteiger partial charge in [0.1, 0.15) is 5.82 Å². The fourth-order valence-corrected chi connectivity index (χ4v) is 2.60. The lowest BCUT2D eigenvalue weighted by molar-refractivity contribution is 0.226. The molecule has 0 saturated heterocycles. The summed E-state index contributed by atoms with van der Waals surface area (Å²) in [6, 6.07) is 6.56. The van der Waals surface area contributed by atoms with Crippen molar-refractivity contribution in [3.05, 3.63) is 35.6 Å². The summed E-state index contributed by atoms with van der Waals surface area (Å²) in [6.07, 6.45) is 4.93. The Morgan fingerprint density at radius 2 is 1.80 bits per heavy atom. The number of aliphatic hydroxyl groups is 1. The Morgan fingerprint density at radius 3 is 2.33 bits per heavy atom. The van der Waals surface area contributed by atoms with Crippen molar-refractivity contribution in [3.63, 3.8) is 0 Å². The molecule has 2 heteroatoms. The zero-order valence-electron chi connectivity index (χ0n) is 8.82. The molecule has 0 aromatic heterocycles. The largest absolute Gasteiger partial charge is 0.396 e. The van der Waals surface area contributed by atoms with E-state index in [2.05, 4.69) is 0 Å². The zero-order chi connectivity index (χ0) is 10.7. The van der Waals surface area contributed by atoms with Crippen molar-refractivity contribution >= 4 is 0 Å². The molecule has 1 aliphatic carbocycles. The smallest absolute Gasteiger partial charge is 0.123 e. The van der Waals surface area contributed by atoms with Gasteiger partial charge in [-0.25, -0.2) is 4.39 Å². The third kappa shape index (κ3) is 2.37. The molecule has 1 aromatic rings. The van der Waals surface area contributed by atoms with Crippen LogP contribution in [0.1, 0.15) is 37.2 Å². The lowest BCUT2D eigenvalue weighted by Crippen LogP contribution is -2.13. The van der Waals surface area contributed by atoms with Crippen LogP contribution in [0.15, 0.2) is 24.3 Å². The Hall–Kier alpha value is -0.890. The molecule has 1 fully saturated rings. The maximum atomic E-state index is 12.8. The van der Waals surface area contributed by atoms with E-state index in [9.17, 15) is 9.50 Å². The molecule has 1 saturated carbocycles. The molecule has 0 spiro atoms. The first-order valence-corrected chi connectivity index (χ1v) is 5.67. The second-order valence-electron chi connectivity index (χ2n) is 4.39. The van der Waals surface area contributed by atoms with E-state index in [4.69, 9.17) is 0 Å². The molecule has 1 unspecified atom stereocenters. The molecule has 1 aliphatic rings. The SMILES string of the molecule is OCC(c1ccc(F)cc1)C1CCCC1. The van der Waals surface area contributed by atoms with Gasteiger partial charge in [-0.1, -0.05) is 25.0 Å². The number of hydrogen-bond acceptors (Lipinski definition) is 1. The van der Waals surface area contributed by atoms with Crippen molar-refractivity contribution in [2.24, 2.45) is 5.92 Å². The number of rotatable bonds is 3. The summed E-state index contributed by atoms with van der Waals surface area (Å²) < 4.78 is 12.8. The van der Waals surface area contributed by atoms with Gasteiger partial charge in [-0.2, -0.15) is 0 Å². The molecule has 0 aliphatic heterocycles. The molecule has 82 valence electrons. The molecule has 1 N–H and O–H groups in total. The number of benzene rings is 1. The van der Waals surface area contributed by atoms with Crippen molar-refractivity contribution in [3.8, 4) is 0 Å². The minimum Gasteiger partial charge on any atom is -0.396 e. The molecule has 2 rings (SSSR count). The van der Waals surface area contributed by atoms with Crippen LogP contribution < -0.4 is 0 Å². The van der Waals surface area contributed by atoms with Gasteiger partial charge in [0.15, 0.2) is 0 Å². The zero-order valence-corrected chi connectivity index (χ0v) is 8.82. The van der Waals surface area contributed by atoms with Crippen LogP contribution in [-0.2, 0) is 0 Å². The van der Waals surface area contributed by atoms with E-state index in [1.807, 2.05) is 0 Å². The second-order valence-corrected chi connectivity index (χ2v) is 4.39. The van der Waals surface area contributed by atoms with Crippen LogP contribution in [0.5, 0.6) is 0 Å². The molecule has 0 amide bonds. The van der Waals surface area contributed by atoms with Crippen molar-refractivity contribution in [1.29, 1.82) is 0 Å². The maximum absolute atomic E-state index is 12.8. The van der Waals surface area contributed by atoms with E-state index in [1.54, 1.807) is 12.1 Å². The van der Waals surface area contributed by atoms with E-state index in [0.717, 1.165) is 5.56 Å². The van der Waals surface area contributed by atoms with Gasteiger partial charge in [0, 0.05) is 5.92 Å². The third-order valence-electron chi connectivity index (χ3n) is 3.46. The molecule has 0 radical (unpaired) electrons. The molecule has 0 bridgehead atoms. The van der Waals surface area contributed by atoms with Crippen LogP contribution in [0.2, 0.25) is 0 Å². The topological polar surface area (TPSA) is 20.2 Å². The molecular weight excluding hydrogens is 191 g/mol. The molecular formula is C13H17FO. The van der Waals surface area contributed by atoms with Gasteiger partial charge >= 0.3 is 0 Å². The highest BCUT2D eigenvalue weighted by Gasteiger charge is 2.25. The first-order chi connectivity index (χ1) is 7.31. The van der Waals surface area contributed by atoms with E-state index in [-0.39, 0.29) is 18.3 Å². The highest BCUT2D eigenvalue weighted by Crippen LogP contribution is 2.36. The predicted molar refractivity (Wildman–Crippen MR) is 58.2 cm³/mol. The van der Waals surface area contributed by atoms with Crippen LogP contribution in [0.25, 0.3) is 0 Å². The molecule has 1 nitrogen and oxygen atoms in total. The quantitative estimate of drug-likeness (QED) is 0.809. The summed E-state index contributed by atoms with van der Waals surface area (Å²) in [5, 5.41) is 9.42.